The third-order valence-electron chi connectivity index (χ3n) is 5.60. The molecule has 7 nitrogen and oxygen atoms in total. The minimum absolute atomic E-state index is 0.0597. The highest BCUT2D eigenvalue weighted by molar-refractivity contribution is 6.31. The number of rotatable bonds is 4. The lowest BCUT2D eigenvalue weighted by Gasteiger charge is -2.35. The van der Waals surface area contributed by atoms with Crippen molar-refractivity contribution in [1.82, 2.24) is 15.1 Å². The van der Waals surface area contributed by atoms with Crippen LogP contribution in [0.3, 0.4) is 0 Å². The van der Waals surface area contributed by atoms with Crippen molar-refractivity contribution in [3.05, 3.63) is 40.9 Å². The van der Waals surface area contributed by atoms with Gasteiger partial charge in [-0.3, -0.25) is 4.79 Å². The number of piperidine rings is 1. The summed E-state index contributed by atoms with van der Waals surface area (Å²) in [5.41, 5.74) is 0.499. The van der Waals surface area contributed by atoms with E-state index in [2.05, 4.69) is 26.1 Å². The van der Waals surface area contributed by atoms with E-state index >= 15 is 0 Å². The summed E-state index contributed by atoms with van der Waals surface area (Å²) < 4.78 is 5.33. The number of hydrogen-bond donors (Lipinski definition) is 0. The first-order chi connectivity index (χ1) is 14.2. The molecule has 1 aromatic carbocycles. The number of carbonyl (C=O) groups excluding carboxylic acids is 1. The highest BCUT2D eigenvalue weighted by Crippen LogP contribution is 2.25. The van der Waals surface area contributed by atoms with Gasteiger partial charge in [0.15, 0.2) is 11.6 Å². The maximum Gasteiger partial charge on any atom is 0.257 e. The van der Waals surface area contributed by atoms with Crippen LogP contribution in [0.1, 0.15) is 29.6 Å². The van der Waals surface area contributed by atoms with E-state index in [-0.39, 0.29) is 5.91 Å². The first kappa shape index (κ1) is 19.8. The first-order valence-electron chi connectivity index (χ1n) is 10.1. The normalized spacial score (nSPS) is 17.4. The Hall–Kier alpha value is -2.54. The molecule has 154 valence electrons. The van der Waals surface area contributed by atoms with E-state index in [9.17, 15) is 4.79 Å². The fourth-order valence-electron chi connectivity index (χ4n) is 3.93. The lowest BCUT2D eigenvalue weighted by atomic mass is 10.1. The van der Waals surface area contributed by atoms with Crippen molar-refractivity contribution in [2.45, 2.75) is 19.3 Å². The Kier molecular flexibility index (Phi) is 6.04. The van der Waals surface area contributed by atoms with Crippen LogP contribution in [0.15, 0.2) is 30.3 Å². The van der Waals surface area contributed by atoms with Crippen molar-refractivity contribution in [1.29, 1.82) is 0 Å². The molecule has 0 atom stereocenters. The lowest BCUT2D eigenvalue weighted by molar-refractivity contribution is 0.0743. The quantitative estimate of drug-likeness (QED) is 0.764. The minimum atomic E-state index is -0.0597. The van der Waals surface area contributed by atoms with Gasteiger partial charge >= 0.3 is 0 Å². The van der Waals surface area contributed by atoms with Crippen LogP contribution in [0.2, 0.25) is 5.02 Å². The predicted octanol–water partition coefficient (Wildman–Crippen LogP) is 3.09. The Balaban J connectivity index is 1.38. The van der Waals surface area contributed by atoms with Gasteiger partial charge in [0.05, 0.1) is 12.7 Å². The van der Waals surface area contributed by atoms with Gasteiger partial charge in [-0.25, -0.2) is 0 Å². The monoisotopic (exact) mass is 415 g/mol. The molecule has 0 spiro atoms. The van der Waals surface area contributed by atoms with Gasteiger partial charge < -0.3 is 19.4 Å². The van der Waals surface area contributed by atoms with Crippen molar-refractivity contribution < 1.29 is 9.53 Å². The van der Waals surface area contributed by atoms with Crippen LogP contribution in [0.4, 0.5) is 11.6 Å². The average molecular weight is 416 g/mol. The zero-order valence-electron chi connectivity index (χ0n) is 16.7. The van der Waals surface area contributed by atoms with Gasteiger partial charge in [-0.1, -0.05) is 11.6 Å². The van der Waals surface area contributed by atoms with Crippen molar-refractivity contribution in [2.75, 3.05) is 56.2 Å². The molecule has 2 aliphatic heterocycles. The molecule has 8 heteroatoms. The number of carbonyl (C=O) groups is 1. The fraction of sp³-hybridized carbons (Fsp3) is 0.476. The van der Waals surface area contributed by atoms with Crippen LogP contribution in [0.5, 0.6) is 5.75 Å². The SMILES string of the molecule is COc1ccc(Cl)cc1C(=O)N1CCN(c2ccc(N3CCCCC3)nn2)CC1. The second-order valence-corrected chi connectivity index (χ2v) is 7.86. The Morgan fingerprint density at radius 1 is 0.897 bits per heavy atom. The molecular formula is C21H26ClN5O2. The molecule has 4 rings (SSSR count). The van der Waals surface area contributed by atoms with Crippen molar-refractivity contribution in [3.8, 4) is 5.75 Å². The number of piperazine rings is 1. The number of amides is 1. The van der Waals surface area contributed by atoms with E-state index in [4.69, 9.17) is 16.3 Å². The highest BCUT2D eigenvalue weighted by atomic mass is 35.5. The molecule has 0 saturated carbocycles. The van der Waals surface area contributed by atoms with Gasteiger partial charge in [0.2, 0.25) is 0 Å². The van der Waals surface area contributed by atoms with Gasteiger partial charge in [0, 0.05) is 44.3 Å². The second kappa shape index (κ2) is 8.86. The Morgan fingerprint density at radius 3 is 2.10 bits per heavy atom. The number of ether oxygens (including phenoxy) is 1. The summed E-state index contributed by atoms with van der Waals surface area (Å²) in [7, 11) is 1.56. The molecule has 0 N–H and O–H groups in total. The predicted molar refractivity (Wildman–Crippen MR) is 114 cm³/mol. The van der Waals surface area contributed by atoms with Gasteiger partial charge in [0.1, 0.15) is 5.75 Å². The summed E-state index contributed by atoms with van der Waals surface area (Å²) in [4.78, 5) is 19.2. The molecule has 2 saturated heterocycles. The molecule has 1 amide bonds. The van der Waals surface area contributed by atoms with Crippen LogP contribution in [0, 0.1) is 0 Å². The summed E-state index contributed by atoms with van der Waals surface area (Å²) in [6.07, 6.45) is 3.74. The van der Waals surface area contributed by atoms with E-state index in [0.29, 0.717) is 42.5 Å². The molecular weight excluding hydrogens is 390 g/mol. The number of anilines is 2. The molecule has 29 heavy (non-hydrogen) atoms. The van der Waals surface area contributed by atoms with E-state index < -0.39 is 0 Å². The molecule has 3 heterocycles. The standard InChI is InChI=1S/C21H26ClN5O2/c1-29-18-6-5-16(22)15-17(18)21(28)27-13-11-26(12-14-27)20-8-7-19(23-24-20)25-9-3-2-4-10-25/h5-8,15H,2-4,9-14H2,1H3. The smallest absolute Gasteiger partial charge is 0.257 e. The van der Waals surface area contributed by atoms with Gasteiger partial charge in [-0.05, 0) is 49.6 Å². The Morgan fingerprint density at radius 2 is 1.52 bits per heavy atom. The van der Waals surface area contributed by atoms with E-state index in [1.807, 2.05) is 11.0 Å². The number of benzene rings is 1. The largest absolute Gasteiger partial charge is 0.496 e. The van der Waals surface area contributed by atoms with Gasteiger partial charge in [0.25, 0.3) is 5.91 Å². The van der Waals surface area contributed by atoms with Crippen LogP contribution in [-0.2, 0) is 0 Å². The number of hydrogen-bond acceptors (Lipinski definition) is 6. The maximum absolute atomic E-state index is 12.9. The van der Waals surface area contributed by atoms with Crippen LogP contribution < -0.4 is 14.5 Å². The number of nitrogens with zero attached hydrogens (tertiary/aromatic N) is 5. The van der Waals surface area contributed by atoms with Gasteiger partial charge in [-0.2, -0.15) is 0 Å². The van der Waals surface area contributed by atoms with Crippen molar-refractivity contribution in [2.24, 2.45) is 0 Å². The number of halogens is 1. The van der Waals surface area contributed by atoms with E-state index in [1.54, 1.807) is 25.3 Å². The second-order valence-electron chi connectivity index (χ2n) is 7.42. The van der Waals surface area contributed by atoms with Crippen molar-refractivity contribution >= 4 is 29.1 Å². The molecule has 0 unspecified atom stereocenters. The molecule has 1 aromatic heterocycles. The summed E-state index contributed by atoms with van der Waals surface area (Å²) in [5.74, 6) is 2.30. The fourth-order valence-corrected chi connectivity index (χ4v) is 4.11. The van der Waals surface area contributed by atoms with Crippen LogP contribution in [0.25, 0.3) is 0 Å². The molecule has 0 bridgehead atoms. The summed E-state index contributed by atoms with van der Waals surface area (Å²) in [6.45, 7) is 4.77. The summed E-state index contributed by atoms with van der Waals surface area (Å²) in [5, 5.41) is 9.40. The molecule has 2 fully saturated rings. The topological polar surface area (TPSA) is 61.8 Å². The van der Waals surface area contributed by atoms with Crippen LogP contribution >= 0.6 is 11.6 Å². The number of methoxy groups -OCH3 is 1. The Labute approximate surface area is 176 Å². The summed E-state index contributed by atoms with van der Waals surface area (Å²) in [6, 6.07) is 9.21. The third kappa shape index (κ3) is 4.40. The van der Waals surface area contributed by atoms with Crippen LogP contribution in [-0.4, -0.2) is 67.4 Å². The summed E-state index contributed by atoms with van der Waals surface area (Å²) >= 11 is 6.08. The lowest BCUT2D eigenvalue weighted by Crippen LogP contribution is -2.49. The average Bonchev–Trinajstić information content (AvgIpc) is 2.79. The molecule has 0 aliphatic carbocycles. The molecule has 2 aromatic rings. The first-order valence-corrected chi connectivity index (χ1v) is 10.5. The van der Waals surface area contributed by atoms with E-state index in [0.717, 1.165) is 24.7 Å². The minimum Gasteiger partial charge on any atom is -0.496 e. The van der Waals surface area contributed by atoms with Gasteiger partial charge in [-0.15, -0.1) is 10.2 Å². The molecule has 2 aliphatic rings. The third-order valence-corrected chi connectivity index (χ3v) is 5.83. The molecule has 0 radical (unpaired) electrons. The maximum atomic E-state index is 12.9. The zero-order valence-corrected chi connectivity index (χ0v) is 17.4. The number of aromatic nitrogens is 2. The Bertz CT molecular complexity index is 847. The zero-order chi connectivity index (χ0) is 20.2. The van der Waals surface area contributed by atoms with Crippen molar-refractivity contribution in [3.63, 3.8) is 0 Å². The van der Waals surface area contributed by atoms with E-state index in [1.165, 1.54) is 19.3 Å². The highest BCUT2D eigenvalue weighted by Gasteiger charge is 2.25.